The number of carbonyl (C=O) groups is 1. The van der Waals surface area contributed by atoms with Crippen LogP contribution in [0.1, 0.15) is 12.6 Å². The molecule has 0 aliphatic heterocycles. The van der Waals surface area contributed by atoms with Crippen LogP contribution in [-0.4, -0.2) is 17.4 Å². The molecule has 3 N–H and O–H groups in total. The second-order valence-electron chi connectivity index (χ2n) is 4.51. The molecule has 6 heteroatoms. The minimum atomic E-state index is -0.178. The molecule has 1 unspecified atom stereocenters. The van der Waals surface area contributed by atoms with Gasteiger partial charge < -0.3 is 11.1 Å². The van der Waals surface area contributed by atoms with Crippen LogP contribution in [0, 0.1) is 12.8 Å². The number of aryl methyl sites for hydroxylation is 1. The van der Waals surface area contributed by atoms with Gasteiger partial charge in [0, 0.05) is 34.1 Å². The number of carbonyl (C=O) groups excluding carboxylic acids is 1. The summed E-state index contributed by atoms with van der Waals surface area (Å²) >= 11 is 3.26. The SMILES string of the molecule is Cc1csc(Sc2ccc(NC(=O)C(C)CN)cc2)n1. The average Bonchev–Trinajstić information content (AvgIpc) is 2.85. The maximum absolute atomic E-state index is 11.7. The predicted octanol–water partition coefficient (Wildman–Crippen LogP) is 3.14. The van der Waals surface area contributed by atoms with E-state index in [1.54, 1.807) is 23.1 Å². The molecule has 0 aliphatic rings. The van der Waals surface area contributed by atoms with Crippen molar-refractivity contribution in [3.05, 3.63) is 35.3 Å². The summed E-state index contributed by atoms with van der Waals surface area (Å²) in [6.07, 6.45) is 0. The first-order valence-electron chi connectivity index (χ1n) is 6.29. The number of aromatic nitrogens is 1. The van der Waals surface area contributed by atoms with E-state index in [0.29, 0.717) is 6.54 Å². The third kappa shape index (κ3) is 4.06. The fourth-order valence-corrected chi connectivity index (χ4v) is 3.27. The first kappa shape index (κ1) is 15.0. The fraction of sp³-hybridized carbons (Fsp3) is 0.286. The third-order valence-corrected chi connectivity index (χ3v) is 4.79. The Hall–Kier alpha value is -1.37. The monoisotopic (exact) mass is 307 g/mol. The van der Waals surface area contributed by atoms with E-state index in [1.165, 1.54) is 0 Å². The van der Waals surface area contributed by atoms with Gasteiger partial charge in [0.15, 0.2) is 4.34 Å². The minimum Gasteiger partial charge on any atom is -0.330 e. The number of hydrogen-bond acceptors (Lipinski definition) is 5. The van der Waals surface area contributed by atoms with Crippen LogP contribution in [0.2, 0.25) is 0 Å². The van der Waals surface area contributed by atoms with Crippen molar-refractivity contribution in [3.63, 3.8) is 0 Å². The zero-order chi connectivity index (χ0) is 14.5. The first-order valence-corrected chi connectivity index (χ1v) is 7.99. The highest BCUT2D eigenvalue weighted by Gasteiger charge is 2.10. The molecule has 0 radical (unpaired) electrons. The number of rotatable bonds is 5. The summed E-state index contributed by atoms with van der Waals surface area (Å²) in [5.41, 5.74) is 7.29. The van der Waals surface area contributed by atoms with Crippen LogP contribution in [0.3, 0.4) is 0 Å². The standard InChI is InChI=1S/C14H17N3OS2/c1-9(7-15)13(18)17-11-3-5-12(6-4-11)20-14-16-10(2)8-19-14/h3-6,8-9H,7,15H2,1-2H3,(H,17,18). The van der Waals surface area contributed by atoms with Gasteiger partial charge in [-0.25, -0.2) is 4.98 Å². The van der Waals surface area contributed by atoms with Crippen LogP contribution < -0.4 is 11.1 Å². The molecular formula is C14H17N3OS2. The topological polar surface area (TPSA) is 68.0 Å². The van der Waals surface area contributed by atoms with E-state index in [-0.39, 0.29) is 11.8 Å². The Morgan fingerprint density at radius 2 is 2.15 bits per heavy atom. The highest BCUT2D eigenvalue weighted by atomic mass is 32.2. The molecule has 4 nitrogen and oxygen atoms in total. The molecule has 0 aliphatic carbocycles. The molecule has 2 rings (SSSR count). The van der Waals surface area contributed by atoms with Gasteiger partial charge in [-0.15, -0.1) is 11.3 Å². The normalized spacial score (nSPS) is 12.2. The van der Waals surface area contributed by atoms with Gasteiger partial charge in [0.1, 0.15) is 0 Å². The van der Waals surface area contributed by atoms with Gasteiger partial charge in [-0.3, -0.25) is 4.79 Å². The number of nitrogens with two attached hydrogens (primary N) is 1. The van der Waals surface area contributed by atoms with E-state index in [4.69, 9.17) is 5.73 Å². The van der Waals surface area contributed by atoms with Crippen LogP contribution in [-0.2, 0) is 4.79 Å². The third-order valence-electron chi connectivity index (χ3n) is 2.73. The Balaban J connectivity index is 1.97. The molecule has 1 heterocycles. The van der Waals surface area contributed by atoms with Crippen molar-refractivity contribution in [2.24, 2.45) is 11.7 Å². The van der Waals surface area contributed by atoms with E-state index in [1.807, 2.05) is 43.5 Å². The quantitative estimate of drug-likeness (QED) is 0.890. The molecule has 0 saturated heterocycles. The Kier molecular flexibility index (Phi) is 5.17. The second kappa shape index (κ2) is 6.88. The van der Waals surface area contributed by atoms with Gasteiger partial charge in [0.05, 0.1) is 0 Å². The van der Waals surface area contributed by atoms with Crippen LogP contribution in [0.25, 0.3) is 0 Å². The Morgan fingerprint density at radius 1 is 1.45 bits per heavy atom. The number of anilines is 1. The summed E-state index contributed by atoms with van der Waals surface area (Å²) in [5.74, 6) is -0.231. The lowest BCUT2D eigenvalue weighted by atomic mass is 10.1. The van der Waals surface area contributed by atoms with Gasteiger partial charge in [0.2, 0.25) is 5.91 Å². The fourth-order valence-electron chi connectivity index (χ4n) is 1.46. The van der Waals surface area contributed by atoms with E-state index < -0.39 is 0 Å². The van der Waals surface area contributed by atoms with Crippen molar-refractivity contribution in [1.29, 1.82) is 0 Å². The molecule has 1 aromatic carbocycles. The van der Waals surface area contributed by atoms with Gasteiger partial charge in [-0.2, -0.15) is 0 Å². The van der Waals surface area contributed by atoms with Crippen molar-refractivity contribution >= 4 is 34.7 Å². The summed E-state index contributed by atoms with van der Waals surface area (Å²) < 4.78 is 1.02. The number of amides is 1. The van der Waals surface area contributed by atoms with Crippen molar-refractivity contribution in [2.45, 2.75) is 23.1 Å². The maximum Gasteiger partial charge on any atom is 0.228 e. The molecule has 106 valence electrons. The number of benzene rings is 1. The summed E-state index contributed by atoms with van der Waals surface area (Å²) in [4.78, 5) is 17.2. The van der Waals surface area contributed by atoms with Crippen LogP contribution >= 0.6 is 23.1 Å². The predicted molar refractivity (Wildman–Crippen MR) is 84.3 cm³/mol. The van der Waals surface area contributed by atoms with E-state index >= 15 is 0 Å². The summed E-state index contributed by atoms with van der Waals surface area (Å²) in [6.45, 7) is 4.14. The molecule has 0 bridgehead atoms. The summed E-state index contributed by atoms with van der Waals surface area (Å²) in [7, 11) is 0. The second-order valence-corrected chi connectivity index (χ2v) is 6.69. The molecular weight excluding hydrogens is 290 g/mol. The van der Waals surface area contributed by atoms with Gasteiger partial charge >= 0.3 is 0 Å². The molecule has 2 aromatic rings. The molecule has 20 heavy (non-hydrogen) atoms. The lowest BCUT2D eigenvalue weighted by Crippen LogP contribution is -2.26. The van der Waals surface area contributed by atoms with Crippen LogP contribution in [0.15, 0.2) is 38.9 Å². The smallest absolute Gasteiger partial charge is 0.228 e. The van der Waals surface area contributed by atoms with Crippen LogP contribution in [0.5, 0.6) is 0 Å². The number of nitrogens with zero attached hydrogens (tertiary/aromatic N) is 1. The molecule has 0 saturated carbocycles. The number of hydrogen-bond donors (Lipinski definition) is 2. The molecule has 1 atom stereocenters. The Bertz CT molecular complexity index is 580. The largest absolute Gasteiger partial charge is 0.330 e. The first-order chi connectivity index (χ1) is 9.58. The minimum absolute atomic E-state index is 0.0524. The average molecular weight is 307 g/mol. The molecule has 1 amide bonds. The zero-order valence-electron chi connectivity index (χ0n) is 11.4. The summed E-state index contributed by atoms with van der Waals surface area (Å²) in [6, 6.07) is 7.74. The maximum atomic E-state index is 11.7. The highest BCUT2D eigenvalue weighted by molar-refractivity contribution is 8.01. The zero-order valence-corrected chi connectivity index (χ0v) is 13.1. The van der Waals surface area contributed by atoms with E-state index in [0.717, 1.165) is 20.6 Å². The van der Waals surface area contributed by atoms with Gasteiger partial charge in [-0.05, 0) is 31.2 Å². The summed E-state index contributed by atoms with van der Waals surface area (Å²) in [5, 5.41) is 4.88. The van der Waals surface area contributed by atoms with Crippen molar-refractivity contribution in [1.82, 2.24) is 4.98 Å². The van der Waals surface area contributed by atoms with E-state index in [2.05, 4.69) is 10.3 Å². The van der Waals surface area contributed by atoms with E-state index in [9.17, 15) is 4.79 Å². The lowest BCUT2D eigenvalue weighted by Gasteiger charge is -2.10. The highest BCUT2D eigenvalue weighted by Crippen LogP contribution is 2.30. The molecule has 0 fully saturated rings. The van der Waals surface area contributed by atoms with Gasteiger partial charge in [-0.1, -0.05) is 18.7 Å². The van der Waals surface area contributed by atoms with Crippen molar-refractivity contribution in [3.8, 4) is 0 Å². The number of nitrogens with one attached hydrogen (secondary N) is 1. The Morgan fingerprint density at radius 3 is 2.70 bits per heavy atom. The van der Waals surface area contributed by atoms with Crippen molar-refractivity contribution < 1.29 is 4.79 Å². The molecule has 0 spiro atoms. The number of thiazole rings is 1. The molecule has 1 aromatic heterocycles. The Labute approximate surface area is 126 Å². The lowest BCUT2D eigenvalue weighted by molar-refractivity contribution is -0.119. The van der Waals surface area contributed by atoms with Gasteiger partial charge in [0.25, 0.3) is 0 Å². The van der Waals surface area contributed by atoms with Crippen molar-refractivity contribution in [2.75, 3.05) is 11.9 Å². The van der Waals surface area contributed by atoms with Crippen LogP contribution in [0.4, 0.5) is 5.69 Å².